The lowest BCUT2D eigenvalue weighted by atomic mass is 9.67. The Morgan fingerprint density at radius 2 is 1.90 bits per heavy atom. The first-order valence-corrected chi connectivity index (χ1v) is 10.3. The monoisotopic (exact) mass is 431 g/mol. The molecule has 166 valence electrons. The van der Waals surface area contributed by atoms with Crippen LogP contribution in [0, 0.1) is 43.9 Å². The Kier molecular flexibility index (Phi) is 6.37. The van der Waals surface area contributed by atoms with Crippen molar-refractivity contribution in [3.8, 4) is 0 Å². The summed E-state index contributed by atoms with van der Waals surface area (Å²) in [6.07, 6.45) is 5.43. The van der Waals surface area contributed by atoms with Gasteiger partial charge in [0.25, 0.3) is 5.69 Å². The lowest BCUT2D eigenvalue weighted by molar-refractivity contribution is -0.469. The number of carbonyl (C=O) groups is 1. The van der Waals surface area contributed by atoms with Crippen LogP contribution in [-0.2, 0) is 4.79 Å². The molecule has 10 heteroatoms. The zero-order valence-corrected chi connectivity index (χ0v) is 17.8. The number of non-ortho nitro benzene ring substituents is 1. The maximum absolute atomic E-state index is 11.4. The number of hydrazine groups is 1. The summed E-state index contributed by atoms with van der Waals surface area (Å²) in [4.78, 5) is 32.5. The van der Waals surface area contributed by atoms with E-state index in [4.69, 9.17) is 0 Å². The molecule has 1 saturated carbocycles. The molecule has 0 heterocycles. The van der Waals surface area contributed by atoms with Crippen molar-refractivity contribution in [2.45, 2.75) is 39.5 Å². The van der Waals surface area contributed by atoms with Crippen LogP contribution in [0.4, 0.5) is 17.1 Å². The van der Waals surface area contributed by atoms with Crippen molar-refractivity contribution in [3.05, 3.63) is 50.1 Å². The van der Waals surface area contributed by atoms with E-state index in [-0.39, 0.29) is 28.9 Å². The Bertz CT molecular complexity index is 986. The molecule has 3 rings (SSSR count). The molecule has 0 radical (unpaired) electrons. The molecule has 1 fully saturated rings. The third-order valence-corrected chi connectivity index (χ3v) is 6.54. The summed E-state index contributed by atoms with van der Waals surface area (Å²) in [7, 11) is 1.79. The lowest BCUT2D eigenvalue weighted by Gasteiger charge is -2.36. The van der Waals surface area contributed by atoms with E-state index in [2.05, 4.69) is 18.4 Å². The van der Waals surface area contributed by atoms with Crippen LogP contribution in [0.3, 0.4) is 0 Å². The molecule has 0 bridgehead atoms. The van der Waals surface area contributed by atoms with Crippen LogP contribution in [-0.4, -0.2) is 38.4 Å². The van der Waals surface area contributed by atoms with E-state index in [1.54, 1.807) is 18.7 Å². The topological polar surface area (TPSA) is 139 Å². The fourth-order valence-electron chi connectivity index (χ4n) is 4.66. The summed E-state index contributed by atoms with van der Waals surface area (Å²) in [6.45, 7) is 3.89. The summed E-state index contributed by atoms with van der Waals surface area (Å²) in [6, 6.07) is 3.54. The highest BCUT2D eigenvalue weighted by Crippen LogP contribution is 2.42. The molecule has 10 nitrogen and oxygen atoms in total. The van der Waals surface area contributed by atoms with E-state index in [9.17, 15) is 30.1 Å². The van der Waals surface area contributed by atoms with Gasteiger partial charge in [-0.15, -0.1) is 4.68 Å². The van der Waals surface area contributed by atoms with Crippen LogP contribution in [0.25, 0.3) is 0 Å². The Hall–Kier alpha value is -3.30. The predicted molar refractivity (Wildman–Crippen MR) is 114 cm³/mol. The predicted octanol–water partition coefficient (Wildman–Crippen LogP) is 4.02. The molecule has 1 aromatic carbocycles. The van der Waals surface area contributed by atoms with Crippen molar-refractivity contribution in [1.82, 2.24) is 0 Å². The number of hydrogen-bond acceptors (Lipinski definition) is 6. The Labute approximate surface area is 179 Å². The maximum Gasteiger partial charge on any atom is 0.306 e. The van der Waals surface area contributed by atoms with Gasteiger partial charge < -0.3 is 5.11 Å². The Balaban J connectivity index is 1.93. The molecular weight excluding hydrogens is 404 g/mol. The van der Waals surface area contributed by atoms with Crippen molar-refractivity contribution in [2.24, 2.45) is 23.7 Å². The number of allylic oxidation sites excluding steroid dienone is 2. The van der Waals surface area contributed by atoms with E-state index < -0.39 is 21.7 Å². The van der Waals surface area contributed by atoms with Gasteiger partial charge in [0.2, 0.25) is 0 Å². The number of aliphatic carboxylic acids is 1. The molecular formula is C21H27N4O6+. The minimum Gasteiger partial charge on any atom is -0.481 e. The van der Waals surface area contributed by atoms with Crippen LogP contribution in [0.15, 0.2) is 29.8 Å². The number of benzene rings is 1. The molecule has 31 heavy (non-hydrogen) atoms. The van der Waals surface area contributed by atoms with E-state index in [1.807, 2.05) is 0 Å². The molecule has 0 aliphatic heterocycles. The number of carboxylic acid groups (broad SMARTS) is 1. The molecule has 4 unspecified atom stereocenters. The van der Waals surface area contributed by atoms with Gasteiger partial charge in [-0.1, -0.05) is 25.5 Å². The van der Waals surface area contributed by atoms with Gasteiger partial charge in [0, 0.05) is 12.5 Å². The fourth-order valence-corrected chi connectivity index (χ4v) is 4.66. The first-order valence-electron chi connectivity index (χ1n) is 10.3. The minimum absolute atomic E-state index is 0.000393. The van der Waals surface area contributed by atoms with E-state index >= 15 is 0 Å². The molecule has 0 amide bonds. The summed E-state index contributed by atoms with van der Waals surface area (Å²) >= 11 is 0. The van der Waals surface area contributed by atoms with Crippen molar-refractivity contribution in [2.75, 3.05) is 12.5 Å². The highest BCUT2D eigenvalue weighted by atomic mass is 16.6. The number of nitrogens with zero attached hydrogens (tertiary/aromatic N) is 3. The first kappa shape index (κ1) is 22.4. The molecule has 0 spiro atoms. The summed E-state index contributed by atoms with van der Waals surface area (Å²) < 4.78 is 1.78. The first-order chi connectivity index (χ1) is 14.6. The number of fused-ring (bicyclic) bond motifs is 1. The van der Waals surface area contributed by atoms with Gasteiger partial charge in [-0.2, -0.15) is 5.43 Å². The molecule has 2 N–H and O–H groups in total. The smallest absolute Gasteiger partial charge is 0.306 e. The number of rotatable bonds is 6. The van der Waals surface area contributed by atoms with Crippen molar-refractivity contribution in [1.29, 1.82) is 0 Å². The number of nitro groups is 2. The number of nitro benzene ring substituents is 2. The van der Waals surface area contributed by atoms with Gasteiger partial charge in [0.15, 0.2) is 18.4 Å². The second-order valence-electron chi connectivity index (χ2n) is 8.40. The Morgan fingerprint density at radius 3 is 2.52 bits per heavy atom. The van der Waals surface area contributed by atoms with Crippen molar-refractivity contribution in [3.63, 3.8) is 0 Å². The van der Waals surface area contributed by atoms with Gasteiger partial charge in [0.1, 0.15) is 0 Å². The molecule has 0 saturated heterocycles. The highest BCUT2D eigenvalue weighted by Gasteiger charge is 2.40. The van der Waals surface area contributed by atoms with Crippen LogP contribution in [0.2, 0.25) is 0 Å². The lowest BCUT2D eigenvalue weighted by Crippen LogP contribution is -2.38. The number of carboxylic acids is 1. The number of hydrazone groups is 1. The number of anilines is 1. The van der Waals surface area contributed by atoms with Crippen LogP contribution in [0.1, 0.15) is 39.5 Å². The third kappa shape index (κ3) is 4.57. The fraction of sp³-hybridized carbons (Fsp3) is 0.524. The van der Waals surface area contributed by atoms with Gasteiger partial charge in [-0.25, -0.2) is 0 Å². The zero-order valence-electron chi connectivity index (χ0n) is 17.8. The average Bonchev–Trinajstić information content (AvgIpc) is 2.73. The Morgan fingerprint density at radius 1 is 1.19 bits per heavy atom. The normalized spacial score (nSPS) is 25.6. The largest absolute Gasteiger partial charge is 0.481 e. The number of nitrogens with one attached hydrogen (secondary N) is 1. The van der Waals surface area contributed by atoms with Crippen molar-refractivity contribution < 1.29 is 24.4 Å². The maximum atomic E-state index is 11.4. The van der Waals surface area contributed by atoms with Gasteiger partial charge in [-0.05, 0) is 37.2 Å². The molecule has 4 atom stereocenters. The van der Waals surface area contributed by atoms with Gasteiger partial charge >= 0.3 is 11.7 Å². The van der Waals surface area contributed by atoms with Crippen LogP contribution in [0.5, 0.6) is 0 Å². The van der Waals surface area contributed by atoms with Crippen LogP contribution >= 0.6 is 0 Å². The van der Waals surface area contributed by atoms with E-state index in [1.165, 1.54) is 17.7 Å². The van der Waals surface area contributed by atoms with Gasteiger partial charge in [0.05, 0.1) is 27.7 Å². The SMILES string of the molecule is CC1CC/C(=[N+](/C)Nc2ccc([N+](=O)[O-])cc2[N+](=O)[O-])C2CCC(C(C)C(=O)O)C=C12. The van der Waals surface area contributed by atoms with Crippen molar-refractivity contribution >= 4 is 28.7 Å². The van der Waals surface area contributed by atoms with Gasteiger partial charge in [-0.3, -0.25) is 25.0 Å². The summed E-state index contributed by atoms with van der Waals surface area (Å²) in [5, 5.41) is 31.8. The molecule has 2 aliphatic rings. The average molecular weight is 431 g/mol. The quantitative estimate of drug-likeness (QED) is 0.300. The summed E-state index contributed by atoms with van der Waals surface area (Å²) in [5.41, 5.74) is 4.84. The molecule has 2 aliphatic carbocycles. The number of hydrogen-bond donors (Lipinski definition) is 2. The standard InChI is InChI=1S/C21H26N4O6/c1-12-4-9-19(16-7-5-14(10-17(12)16)13(2)21(26)27)23(3)22-18-8-6-15(24(28)29)11-20(18)25(30)31/h6,8,10-14,16,22H,4-5,7,9H2,1-3H3/p+1/b23-19+. The van der Waals surface area contributed by atoms with E-state index in [0.29, 0.717) is 5.92 Å². The van der Waals surface area contributed by atoms with E-state index in [0.717, 1.165) is 37.5 Å². The minimum atomic E-state index is -0.794. The molecule has 1 aromatic rings. The molecule has 0 aromatic heterocycles. The summed E-state index contributed by atoms with van der Waals surface area (Å²) in [5.74, 6) is -0.739. The second-order valence-corrected chi connectivity index (χ2v) is 8.40. The van der Waals surface area contributed by atoms with Crippen LogP contribution < -0.4 is 5.43 Å². The zero-order chi connectivity index (χ0) is 22.9. The second kappa shape index (κ2) is 8.83. The highest BCUT2D eigenvalue weighted by molar-refractivity contribution is 5.87. The third-order valence-electron chi connectivity index (χ3n) is 6.54.